The molecule has 0 saturated carbocycles. The number of hydrogen-bond acceptors (Lipinski definition) is 4. The zero-order valence-corrected chi connectivity index (χ0v) is 18.5. The standard InChI is InChI=1S/C26H29N3O3/c1-3-4-17-32-24-15-13-21(14-16-24)27-19-25(30)28-22-10-8-9-20(18-22)26(31)29(2)23-11-6-5-7-12-23/h5-16,18,27H,3-4,17,19H2,1-2H3,(H,28,30). The molecule has 0 aromatic heterocycles. The summed E-state index contributed by atoms with van der Waals surface area (Å²) in [5, 5.41) is 5.93. The number of nitrogens with one attached hydrogen (secondary N) is 2. The number of hydrogen-bond donors (Lipinski definition) is 2. The van der Waals surface area contributed by atoms with Crippen molar-refractivity contribution in [1.82, 2.24) is 0 Å². The van der Waals surface area contributed by atoms with Crippen LogP contribution in [0.5, 0.6) is 5.75 Å². The van der Waals surface area contributed by atoms with Crippen LogP contribution in [0.15, 0.2) is 78.9 Å². The van der Waals surface area contributed by atoms with Crippen molar-refractivity contribution in [3.63, 3.8) is 0 Å². The second kappa shape index (κ2) is 11.6. The van der Waals surface area contributed by atoms with Gasteiger partial charge in [0.25, 0.3) is 5.91 Å². The predicted molar refractivity (Wildman–Crippen MR) is 130 cm³/mol. The van der Waals surface area contributed by atoms with Gasteiger partial charge in [-0.1, -0.05) is 37.6 Å². The van der Waals surface area contributed by atoms with Crippen LogP contribution in [-0.4, -0.2) is 32.0 Å². The topological polar surface area (TPSA) is 70.7 Å². The summed E-state index contributed by atoms with van der Waals surface area (Å²) >= 11 is 0. The van der Waals surface area contributed by atoms with E-state index >= 15 is 0 Å². The minimum absolute atomic E-state index is 0.109. The van der Waals surface area contributed by atoms with Gasteiger partial charge in [-0.2, -0.15) is 0 Å². The van der Waals surface area contributed by atoms with E-state index in [1.54, 1.807) is 36.2 Å². The van der Waals surface area contributed by atoms with Gasteiger partial charge in [-0.15, -0.1) is 0 Å². The lowest BCUT2D eigenvalue weighted by atomic mass is 10.1. The molecule has 0 atom stereocenters. The molecule has 6 nitrogen and oxygen atoms in total. The van der Waals surface area contributed by atoms with E-state index in [-0.39, 0.29) is 18.4 Å². The van der Waals surface area contributed by atoms with Crippen molar-refractivity contribution in [3.05, 3.63) is 84.4 Å². The van der Waals surface area contributed by atoms with Crippen molar-refractivity contribution in [2.45, 2.75) is 19.8 Å². The summed E-state index contributed by atoms with van der Waals surface area (Å²) in [6.07, 6.45) is 2.12. The van der Waals surface area contributed by atoms with Gasteiger partial charge >= 0.3 is 0 Å². The maximum atomic E-state index is 12.8. The first kappa shape index (κ1) is 22.9. The number of anilines is 3. The zero-order valence-electron chi connectivity index (χ0n) is 18.5. The Morgan fingerprint density at radius 3 is 2.38 bits per heavy atom. The summed E-state index contributed by atoms with van der Waals surface area (Å²) in [5.41, 5.74) is 2.71. The van der Waals surface area contributed by atoms with Crippen LogP contribution < -0.4 is 20.3 Å². The fourth-order valence-electron chi connectivity index (χ4n) is 3.08. The molecule has 0 aliphatic heterocycles. The van der Waals surface area contributed by atoms with E-state index in [1.807, 2.05) is 54.6 Å². The molecule has 32 heavy (non-hydrogen) atoms. The molecule has 0 saturated heterocycles. The highest BCUT2D eigenvalue weighted by molar-refractivity contribution is 6.06. The highest BCUT2D eigenvalue weighted by atomic mass is 16.5. The number of unbranched alkanes of at least 4 members (excludes halogenated alkanes) is 1. The zero-order chi connectivity index (χ0) is 22.8. The molecule has 166 valence electrons. The monoisotopic (exact) mass is 431 g/mol. The van der Waals surface area contributed by atoms with E-state index in [1.165, 1.54) is 0 Å². The molecule has 3 aromatic carbocycles. The highest BCUT2D eigenvalue weighted by Gasteiger charge is 2.14. The van der Waals surface area contributed by atoms with Crippen molar-refractivity contribution >= 4 is 28.9 Å². The van der Waals surface area contributed by atoms with Gasteiger partial charge < -0.3 is 20.3 Å². The van der Waals surface area contributed by atoms with Crippen molar-refractivity contribution in [2.24, 2.45) is 0 Å². The average Bonchev–Trinajstić information content (AvgIpc) is 2.83. The van der Waals surface area contributed by atoms with Crippen LogP contribution in [0.3, 0.4) is 0 Å². The summed E-state index contributed by atoms with van der Waals surface area (Å²) in [6.45, 7) is 2.94. The highest BCUT2D eigenvalue weighted by Crippen LogP contribution is 2.18. The van der Waals surface area contributed by atoms with Crippen molar-refractivity contribution in [3.8, 4) is 5.75 Å². The molecule has 0 unspecified atom stereocenters. The average molecular weight is 432 g/mol. The van der Waals surface area contributed by atoms with Gasteiger partial charge in [0.05, 0.1) is 13.2 Å². The Bertz CT molecular complexity index is 1020. The summed E-state index contributed by atoms with van der Waals surface area (Å²) in [5.74, 6) is 0.469. The lowest BCUT2D eigenvalue weighted by Gasteiger charge is -2.17. The number of para-hydroxylation sites is 1. The van der Waals surface area contributed by atoms with Crippen LogP contribution in [0.25, 0.3) is 0 Å². The van der Waals surface area contributed by atoms with Gasteiger partial charge in [-0.25, -0.2) is 0 Å². The third-order valence-electron chi connectivity index (χ3n) is 4.92. The lowest BCUT2D eigenvalue weighted by molar-refractivity contribution is -0.114. The molecule has 3 aromatic rings. The third-order valence-corrected chi connectivity index (χ3v) is 4.92. The van der Waals surface area contributed by atoms with Crippen LogP contribution >= 0.6 is 0 Å². The van der Waals surface area contributed by atoms with E-state index in [2.05, 4.69) is 17.6 Å². The molecule has 2 N–H and O–H groups in total. The molecule has 0 aliphatic rings. The molecular formula is C26H29N3O3. The quantitative estimate of drug-likeness (QED) is 0.433. The second-order valence-corrected chi connectivity index (χ2v) is 7.41. The normalized spacial score (nSPS) is 10.3. The first-order valence-corrected chi connectivity index (χ1v) is 10.8. The van der Waals surface area contributed by atoms with Gasteiger partial charge in [-0.3, -0.25) is 9.59 Å². The minimum Gasteiger partial charge on any atom is -0.494 e. The fourth-order valence-corrected chi connectivity index (χ4v) is 3.08. The maximum absolute atomic E-state index is 12.8. The first-order chi connectivity index (χ1) is 15.6. The fraction of sp³-hybridized carbons (Fsp3) is 0.231. The van der Waals surface area contributed by atoms with Crippen LogP contribution in [-0.2, 0) is 4.79 Å². The van der Waals surface area contributed by atoms with Gasteiger partial charge in [0.15, 0.2) is 0 Å². The maximum Gasteiger partial charge on any atom is 0.258 e. The number of carbonyl (C=O) groups is 2. The molecular weight excluding hydrogens is 402 g/mol. The number of ether oxygens (including phenoxy) is 1. The van der Waals surface area contributed by atoms with E-state index in [9.17, 15) is 9.59 Å². The van der Waals surface area contributed by atoms with Crippen molar-refractivity contribution < 1.29 is 14.3 Å². The van der Waals surface area contributed by atoms with Gasteiger partial charge in [-0.05, 0) is 61.0 Å². The lowest BCUT2D eigenvalue weighted by Crippen LogP contribution is -2.26. The first-order valence-electron chi connectivity index (χ1n) is 10.8. The summed E-state index contributed by atoms with van der Waals surface area (Å²) in [4.78, 5) is 26.7. The smallest absolute Gasteiger partial charge is 0.258 e. The van der Waals surface area contributed by atoms with E-state index in [0.717, 1.165) is 30.0 Å². The van der Waals surface area contributed by atoms with Gasteiger partial charge in [0, 0.05) is 29.7 Å². The molecule has 2 amide bonds. The number of rotatable bonds is 10. The molecule has 0 heterocycles. The summed E-state index contributed by atoms with van der Waals surface area (Å²) in [7, 11) is 1.73. The van der Waals surface area contributed by atoms with E-state index in [0.29, 0.717) is 17.9 Å². The molecule has 0 spiro atoms. The molecule has 0 fully saturated rings. The SMILES string of the molecule is CCCCOc1ccc(NCC(=O)Nc2cccc(C(=O)N(C)c3ccccc3)c2)cc1. The molecule has 6 heteroatoms. The third kappa shape index (κ3) is 6.60. The van der Waals surface area contributed by atoms with E-state index in [4.69, 9.17) is 4.74 Å². The summed E-state index contributed by atoms with van der Waals surface area (Å²) in [6, 6.07) is 23.9. The summed E-state index contributed by atoms with van der Waals surface area (Å²) < 4.78 is 5.64. The van der Waals surface area contributed by atoms with Crippen LogP contribution in [0.2, 0.25) is 0 Å². The number of benzene rings is 3. The number of carbonyl (C=O) groups excluding carboxylic acids is 2. The van der Waals surface area contributed by atoms with Crippen LogP contribution in [0.1, 0.15) is 30.1 Å². The second-order valence-electron chi connectivity index (χ2n) is 7.41. The van der Waals surface area contributed by atoms with Crippen LogP contribution in [0.4, 0.5) is 17.1 Å². The van der Waals surface area contributed by atoms with Crippen molar-refractivity contribution in [1.29, 1.82) is 0 Å². The molecule has 0 aliphatic carbocycles. The molecule has 0 bridgehead atoms. The van der Waals surface area contributed by atoms with Gasteiger partial charge in [0.1, 0.15) is 5.75 Å². The Balaban J connectivity index is 1.52. The minimum atomic E-state index is -0.200. The largest absolute Gasteiger partial charge is 0.494 e. The Kier molecular flexibility index (Phi) is 8.26. The Hall–Kier alpha value is -3.80. The molecule has 0 radical (unpaired) electrons. The van der Waals surface area contributed by atoms with Gasteiger partial charge in [0.2, 0.25) is 5.91 Å². The van der Waals surface area contributed by atoms with E-state index < -0.39 is 0 Å². The number of nitrogens with zero attached hydrogens (tertiary/aromatic N) is 1. The molecule has 3 rings (SSSR count). The number of amides is 2. The predicted octanol–water partition coefficient (Wildman–Crippen LogP) is 5.19. The Labute approximate surface area is 189 Å². The Morgan fingerprint density at radius 2 is 1.66 bits per heavy atom. The van der Waals surface area contributed by atoms with Crippen molar-refractivity contribution in [2.75, 3.05) is 35.7 Å². The Morgan fingerprint density at radius 1 is 0.906 bits per heavy atom. The van der Waals surface area contributed by atoms with Crippen LogP contribution in [0, 0.1) is 0 Å².